The van der Waals surface area contributed by atoms with Crippen molar-refractivity contribution in [3.05, 3.63) is 34.9 Å². The van der Waals surface area contributed by atoms with Gasteiger partial charge in [0.1, 0.15) is 0 Å². The Kier molecular flexibility index (Phi) is 4.72. The van der Waals surface area contributed by atoms with E-state index in [9.17, 15) is 9.59 Å². The Bertz CT molecular complexity index is 480. The van der Waals surface area contributed by atoms with Crippen molar-refractivity contribution in [2.75, 3.05) is 0 Å². The molecule has 1 aromatic rings. The number of benzene rings is 1. The van der Waals surface area contributed by atoms with Crippen LogP contribution in [0.25, 0.3) is 0 Å². The van der Waals surface area contributed by atoms with Crippen LogP contribution in [0.4, 0.5) is 0 Å². The van der Waals surface area contributed by atoms with Gasteiger partial charge in [0.15, 0.2) is 0 Å². The van der Waals surface area contributed by atoms with Crippen molar-refractivity contribution in [2.45, 2.75) is 51.9 Å². The number of aryl methyl sites for hydroxylation is 1. The maximum atomic E-state index is 11.7. The molecule has 0 saturated heterocycles. The van der Waals surface area contributed by atoms with Gasteiger partial charge in [-0.1, -0.05) is 51.2 Å². The van der Waals surface area contributed by atoms with Crippen LogP contribution in [0.2, 0.25) is 0 Å². The highest BCUT2D eigenvalue weighted by atomic mass is 16.2. The normalized spacial score (nSPS) is 13.5. The molecule has 0 atom stereocenters. The lowest BCUT2D eigenvalue weighted by atomic mass is 9.97. The molecule has 1 aliphatic heterocycles. The first kappa shape index (κ1) is 13.8. The van der Waals surface area contributed by atoms with E-state index in [4.69, 9.17) is 0 Å². The predicted molar refractivity (Wildman–Crippen MR) is 75.3 cm³/mol. The van der Waals surface area contributed by atoms with Crippen molar-refractivity contribution in [2.24, 2.45) is 0 Å². The zero-order valence-corrected chi connectivity index (χ0v) is 11.5. The van der Waals surface area contributed by atoms with E-state index in [-0.39, 0.29) is 11.8 Å². The smallest absolute Gasteiger partial charge is 0.259 e. The molecule has 0 radical (unpaired) electrons. The minimum Gasteiger partial charge on any atom is -0.288 e. The van der Waals surface area contributed by atoms with Gasteiger partial charge in [0.05, 0.1) is 11.1 Å². The van der Waals surface area contributed by atoms with Crippen molar-refractivity contribution in [1.82, 2.24) is 5.32 Å². The van der Waals surface area contributed by atoms with Crippen LogP contribution in [-0.2, 0) is 6.42 Å². The summed E-state index contributed by atoms with van der Waals surface area (Å²) in [5, 5.41) is 2.36. The Hall–Kier alpha value is -1.64. The molecule has 0 fully saturated rings. The monoisotopic (exact) mass is 259 g/mol. The summed E-state index contributed by atoms with van der Waals surface area (Å²) in [5.41, 5.74) is 2.14. The first-order valence-electron chi connectivity index (χ1n) is 7.21. The van der Waals surface area contributed by atoms with Gasteiger partial charge in [-0.15, -0.1) is 0 Å². The van der Waals surface area contributed by atoms with Gasteiger partial charge in [-0.05, 0) is 24.5 Å². The molecule has 3 heteroatoms. The largest absolute Gasteiger partial charge is 0.288 e. The molecule has 0 unspecified atom stereocenters. The number of hydrogen-bond donors (Lipinski definition) is 1. The summed E-state index contributed by atoms with van der Waals surface area (Å²) in [7, 11) is 0. The lowest BCUT2D eigenvalue weighted by molar-refractivity contribution is 0.0879. The second kappa shape index (κ2) is 6.50. The molecule has 1 N–H and O–H groups in total. The van der Waals surface area contributed by atoms with Crippen LogP contribution in [0.1, 0.15) is 71.7 Å². The molecule has 1 aliphatic rings. The van der Waals surface area contributed by atoms with E-state index in [1.165, 1.54) is 32.1 Å². The first-order valence-corrected chi connectivity index (χ1v) is 7.21. The zero-order chi connectivity index (χ0) is 13.7. The highest BCUT2D eigenvalue weighted by Gasteiger charge is 2.28. The number of carbonyl (C=O) groups is 2. The topological polar surface area (TPSA) is 46.2 Å². The van der Waals surface area contributed by atoms with Gasteiger partial charge in [-0.25, -0.2) is 0 Å². The van der Waals surface area contributed by atoms with Crippen molar-refractivity contribution in [1.29, 1.82) is 0 Å². The summed E-state index contributed by atoms with van der Waals surface area (Å²) in [5.74, 6) is -0.494. The Morgan fingerprint density at radius 1 is 0.947 bits per heavy atom. The third kappa shape index (κ3) is 3.22. The molecule has 0 spiro atoms. The number of imide groups is 1. The molecule has 1 heterocycles. The molecule has 102 valence electrons. The molecule has 0 bridgehead atoms. The molecule has 0 saturated carbocycles. The lowest BCUT2D eigenvalue weighted by Crippen LogP contribution is -2.20. The highest BCUT2D eigenvalue weighted by Crippen LogP contribution is 2.22. The number of fused-ring (bicyclic) bond motifs is 1. The van der Waals surface area contributed by atoms with Crippen LogP contribution in [0.15, 0.2) is 18.2 Å². The van der Waals surface area contributed by atoms with Crippen molar-refractivity contribution < 1.29 is 9.59 Å². The molecule has 0 aliphatic carbocycles. The van der Waals surface area contributed by atoms with E-state index in [0.717, 1.165) is 18.4 Å². The Labute approximate surface area is 114 Å². The molecule has 3 nitrogen and oxygen atoms in total. The van der Waals surface area contributed by atoms with E-state index >= 15 is 0 Å². The summed E-state index contributed by atoms with van der Waals surface area (Å²) in [6.45, 7) is 2.21. The van der Waals surface area contributed by atoms with Gasteiger partial charge in [0.25, 0.3) is 11.8 Å². The van der Waals surface area contributed by atoms with Gasteiger partial charge >= 0.3 is 0 Å². The average Bonchev–Trinajstić information content (AvgIpc) is 2.70. The number of hydrogen-bond acceptors (Lipinski definition) is 2. The Morgan fingerprint density at radius 3 is 2.47 bits per heavy atom. The molecule has 2 rings (SSSR count). The zero-order valence-electron chi connectivity index (χ0n) is 11.5. The molecule has 2 amide bonds. The summed E-state index contributed by atoms with van der Waals surface area (Å²) in [6, 6.07) is 5.55. The maximum Gasteiger partial charge on any atom is 0.259 e. The van der Waals surface area contributed by atoms with Crippen LogP contribution in [0.3, 0.4) is 0 Å². The summed E-state index contributed by atoms with van der Waals surface area (Å²) in [4.78, 5) is 23.3. The highest BCUT2D eigenvalue weighted by molar-refractivity contribution is 6.22. The van der Waals surface area contributed by atoms with E-state index in [2.05, 4.69) is 12.2 Å². The van der Waals surface area contributed by atoms with Crippen molar-refractivity contribution in [3.63, 3.8) is 0 Å². The minimum atomic E-state index is -0.259. The first-order chi connectivity index (χ1) is 9.24. The lowest BCUT2D eigenvalue weighted by Gasteiger charge is -2.05. The predicted octanol–water partition coefficient (Wildman–Crippen LogP) is 3.47. The second-order valence-corrected chi connectivity index (χ2v) is 5.14. The third-order valence-electron chi connectivity index (χ3n) is 3.65. The van der Waals surface area contributed by atoms with Gasteiger partial charge in [-0.2, -0.15) is 0 Å². The molecular weight excluding hydrogens is 238 g/mol. The molecule has 19 heavy (non-hydrogen) atoms. The Balaban J connectivity index is 1.92. The number of nitrogens with one attached hydrogen (secondary N) is 1. The van der Waals surface area contributed by atoms with Crippen LogP contribution < -0.4 is 5.32 Å². The standard InChI is InChI=1S/C16H21NO2/c1-2-3-4-5-6-7-9-12-10-8-11-13-14(12)16(19)17-15(13)18/h8,10-11H,2-7,9H2,1H3,(H,17,18,19). The fourth-order valence-electron chi connectivity index (χ4n) is 2.59. The van der Waals surface area contributed by atoms with Crippen molar-refractivity contribution >= 4 is 11.8 Å². The second-order valence-electron chi connectivity index (χ2n) is 5.14. The average molecular weight is 259 g/mol. The number of unbranched alkanes of at least 4 members (excludes halogenated alkanes) is 5. The minimum absolute atomic E-state index is 0.235. The van der Waals surface area contributed by atoms with Gasteiger partial charge < -0.3 is 0 Å². The van der Waals surface area contributed by atoms with Gasteiger partial charge in [0.2, 0.25) is 0 Å². The van der Waals surface area contributed by atoms with E-state index < -0.39 is 0 Å². The van der Waals surface area contributed by atoms with E-state index in [0.29, 0.717) is 11.1 Å². The fourth-order valence-corrected chi connectivity index (χ4v) is 2.59. The number of rotatable bonds is 7. The van der Waals surface area contributed by atoms with Crippen molar-refractivity contribution in [3.8, 4) is 0 Å². The number of carbonyl (C=O) groups excluding carboxylic acids is 2. The third-order valence-corrected chi connectivity index (χ3v) is 3.65. The summed E-state index contributed by atoms with van der Waals surface area (Å²) < 4.78 is 0. The van der Waals surface area contributed by atoms with Crippen LogP contribution in [0, 0.1) is 0 Å². The fraction of sp³-hybridized carbons (Fsp3) is 0.500. The number of amides is 2. The molecular formula is C16H21NO2. The Morgan fingerprint density at radius 2 is 1.68 bits per heavy atom. The van der Waals surface area contributed by atoms with Crippen LogP contribution in [0.5, 0.6) is 0 Å². The van der Waals surface area contributed by atoms with Gasteiger partial charge in [-0.3, -0.25) is 14.9 Å². The van der Waals surface area contributed by atoms with E-state index in [1.807, 2.05) is 12.1 Å². The quantitative estimate of drug-likeness (QED) is 0.602. The molecule has 1 aromatic carbocycles. The maximum absolute atomic E-state index is 11.7. The molecule has 0 aromatic heterocycles. The SMILES string of the molecule is CCCCCCCCc1cccc2c1C(=O)NC2=O. The van der Waals surface area contributed by atoms with Crippen LogP contribution in [-0.4, -0.2) is 11.8 Å². The van der Waals surface area contributed by atoms with Crippen LogP contribution >= 0.6 is 0 Å². The summed E-state index contributed by atoms with van der Waals surface area (Å²) >= 11 is 0. The summed E-state index contributed by atoms with van der Waals surface area (Å²) in [6.07, 6.45) is 8.28. The van der Waals surface area contributed by atoms with E-state index in [1.54, 1.807) is 6.07 Å². The van der Waals surface area contributed by atoms with Gasteiger partial charge in [0, 0.05) is 0 Å².